The first kappa shape index (κ1) is 10.5. The van der Waals surface area contributed by atoms with Gasteiger partial charge in [0.1, 0.15) is 18.4 Å². The Morgan fingerprint density at radius 1 is 1.67 bits per heavy atom. The van der Waals surface area contributed by atoms with Gasteiger partial charge >= 0.3 is 5.97 Å². The van der Waals surface area contributed by atoms with Gasteiger partial charge in [-0.25, -0.2) is 0 Å². The largest absolute Gasteiger partial charge is 0.498 e. The van der Waals surface area contributed by atoms with E-state index >= 15 is 0 Å². The van der Waals surface area contributed by atoms with Crippen LogP contribution in [-0.4, -0.2) is 12.6 Å². The van der Waals surface area contributed by atoms with E-state index in [1.165, 1.54) is 6.26 Å². The van der Waals surface area contributed by atoms with Crippen molar-refractivity contribution < 1.29 is 14.3 Å². The lowest BCUT2D eigenvalue weighted by molar-refractivity contribution is -0.138. The molecular weight excluding hydrogens is 158 g/mol. The molecule has 0 bridgehead atoms. The van der Waals surface area contributed by atoms with Gasteiger partial charge in [-0.15, -0.1) is 0 Å². The SMILES string of the molecule is CCOC=C(C)OC(=O)CC#N. The second kappa shape index (κ2) is 6.23. The molecule has 0 aliphatic rings. The molecule has 4 nitrogen and oxygen atoms in total. The Kier molecular flexibility index (Phi) is 5.45. The highest BCUT2D eigenvalue weighted by atomic mass is 16.5. The smallest absolute Gasteiger partial charge is 0.325 e. The third-order valence-corrected chi connectivity index (χ3v) is 0.914. The Bertz CT molecular complexity index is 215. The van der Waals surface area contributed by atoms with Crippen LogP contribution in [0.4, 0.5) is 0 Å². The number of nitrogens with zero attached hydrogens (tertiary/aromatic N) is 1. The van der Waals surface area contributed by atoms with Gasteiger partial charge in [0.25, 0.3) is 0 Å². The summed E-state index contributed by atoms with van der Waals surface area (Å²) in [5.74, 6) is -0.206. The summed E-state index contributed by atoms with van der Waals surface area (Å²) in [4.78, 5) is 10.7. The lowest BCUT2D eigenvalue weighted by atomic mass is 10.5. The van der Waals surface area contributed by atoms with Crippen molar-refractivity contribution in [1.29, 1.82) is 5.26 Å². The lowest BCUT2D eigenvalue weighted by Crippen LogP contribution is -2.01. The van der Waals surface area contributed by atoms with Crippen LogP contribution in [0.3, 0.4) is 0 Å². The highest BCUT2D eigenvalue weighted by Gasteiger charge is 2.01. The zero-order valence-electron chi connectivity index (χ0n) is 7.16. The van der Waals surface area contributed by atoms with Gasteiger partial charge in [0.2, 0.25) is 0 Å². The van der Waals surface area contributed by atoms with E-state index in [0.29, 0.717) is 12.4 Å². The van der Waals surface area contributed by atoms with Gasteiger partial charge in [-0.2, -0.15) is 5.26 Å². The molecule has 0 saturated heterocycles. The van der Waals surface area contributed by atoms with Crippen molar-refractivity contribution in [3.63, 3.8) is 0 Å². The Labute approximate surface area is 71.4 Å². The Morgan fingerprint density at radius 2 is 2.33 bits per heavy atom. The van der Waals surface area contributed by atoms with E-state index in [1.54, 1.807) is 13.0 Å². The molecule has 0 aliphatic carbocycles. The summed E-state index contributed by atoms with van der Waals surface area (Å²) < 4.78 is 9.52. The number of rotatable bonds is 4. The first-order valence-corrected chi connectivity index (χ1v) is 3.56. The quantitative estimate of drug-likeness (QED) is 0.470. The van der Waals surface area contributed by atoms with E-state index in [-0.39, 0.29) is 6.42 Å². The van der Waals surface area contributed by atoms with Gasteiger partial charge in [0.05, 0.1) is 12.7 Å². The highest BCUT2D eigenvalue weighted by molar-refractivity contribution is 5.72. The molecule has 0 heterocycles. The Balaban J connectivity index is 3.76. The van der Waals surface area contributed by atoms with Crippen LogP contribution in [0.15, 0.2) is 12.0 Å². The zero-order chi connectivity index (χ0) is 9.40. The second-order valence-electron chi connectivity index (χ2n) is 1.99. The first-order chi connectivity index (χ1) is 5.70. The molecular formula is C8H11NO3. The number of ether oxygens (including phenoxy) is 2. The summed E-state index contributed by atoms with van der Waals surface area (Å²) in [6, 6.07) is 1.69. The molecule has 0 N–H and O–H groups in total. The summed E-state index contributed by atoms with van der Waals surface area (Å²) >= 11 is 0. The minimum absolute atomic E-state index is 0.239. The number of hydrogen-bond acceptors (Lipinski definition) is 4. The van der Waals surface area contributed by atoms with Crippen LogP contribution in [0.5, 0.6) is 0 Å². The molecule has 0 aromatic heterocycles. The van der Waals surface area contributed by atoms with Gasteiger partial charge in [0, 0.05) is 0 Å². The first-order valence-electron chi connectivity index (χ1n) is 3.56. The zero-order valence-corrected chi connectivity index (χ0v) is 7.16. The summed E-state index contributed by atoms with van der Waals surface area (Å²) in [5, 5.41) is 8.12. The van der Waals surface area contributed by atoms with Crippen LogP contribution in [0.1, 0.15) is 20.3 Å². The van der Waals surface area contributed by atoms with Crippen molar-refractivity contribution in [2.45, 2.75) is 20.3 Å². The van der Waals surface area contributed by atoms with Crippen LogP contribution in [0, 0.1) is 11.3 Å². The number of esters is 1. The molecule has 0 saturated carbocycles. The van der Waals surface area contributed by atoms with E-state index in [0.717, 1.165) is 0 Å². The second-order valence-corrected chi connectivity index (χ2v) is 1.99. The van der Waals surface area contributed by atoms with Crippen molar-refractivity contribution >= 4 is 5.97 Å². The average Bonchev–Trinajstić information content (AvgIpc) is 2.01. The third kappa shape index (κ3) is 5.30. The van der Waals surface area contributed by atoms with Crippen molar-refractivity contribution in [2.24, 2.45) is 0 Å². The fraction of sp³-hybridized carbons (Fsp3) is 0.500. The Morgan fingerprint density at radius 3 is 2.83 bits per heavy atom. The van der Waals surface area contributed by atoms with Crippen molar-refractivity contribution in [3.8, 4) is 6.07 Å². The maximum atomic E-state index is 10.7. The topological polar surface area (TPSA) is 59.3 Å². The standard InChI is InChI=1S/C8H11NO3/c1-3-11-6-7(2)12-8(10)4-5-9/h6H,3-4H2,1-2H3. The lowest BCUT2D eigenvalue weighted by Gasteiger charge is -2.01. The molecule has 0 radical (unpaired) electrons. The fourth-order valence-corrected chi connectivity index (χ4v) is 0.505. The molecule has 0 atom stereocenters. The van der Waals surface area contributed by atoms with E-state index < -0.39 is 5.97 Å². The van der Waals surface area contributed by atoms with E-state index in [2.05, 4.69) is 4.74 Å². The maximum absolute atomic E-state index is 10.7. The highest BCUT2D eigenvalue weighted by Crippen LogP contribution is 1.98. The molecule has 0 spiro atoms. The average molecular weight is 169 g/mol. The van der Waals surface area contributed by atoms with Crippen molar-refractivity contribution in [3.05, 3.63) is 12.0 Å². The molecule has 4 heteroatoms. The van der Waals surface area contributed by atoms with Gasteiger partial charge < -0.3 is 9.47 Å². The van der Waals surface area contributed by atoms with Crippen molar-refractivity contribution in [2.75, 3.05) is 6.61 Å². The summed E-state index contributed by atoms with van der Waals surface area (Å²) in [6.07, 6.45) is 1.10. The molecule has 0 fully saturated rings. The predicted octanol–water partition coefficient (Wildman–Crippen LogP) is 1.34. The molecule has 0 rings (SSSR count). The van der Waals surface area contributed by atoms with Crippen LogP contribution in [-0.2, 0) is 14.3 Å². The van der Waals surface area contributed by atoms with Crippen LogP contribution >= 0.6 is 0 Å². The molecule has 0 aromatic rings. The molecule has 0 aromatic carbocycles. The molecule has 0 unspecified atom stereocenters. The number of nitriles is 1. The van der Waals surface area contributed by atoms with E-state index in [9.17, 15) is 4.79 Å². The number of carbonyl (C=O) groups excluding carboxylic acids is 1. The van der Waals surface area contributed by atoms with E-state index in [4.69, 9.17) is 10.00 Å². The monoisotopic (exact) mass is 169 g/mol. The molecule has 66 valence electrons. The third-order valence-electron chi connectivity index (χ3n) is 0.914. The van der Waals surface area contributed by atoms with Crippen LogP contribution in [0.25, 0.3) is 0 Å². The van der Waals surface area contributed by atoms with Gasteiger partial charge in [-0.1, -0.05) is 0 Å². The fourth-order valence-electron chi connectivity index (χ4n) is 0.505. The van der Waals surface area contributed by atoms with Crippen LogP contribution < -0.4 is 0 Å². The maximum Gasteiger partial charge on any atom is 0.325 e. The minimum atomic E-state index is -0.564. The van der Waals surface area contributed by atoms with Gasteiger partial charge in [0.15, 0.2) is 0 Å². The van der Waals surface area contributed by atoms with Gasteiger partial charge in [-0.05, 0) is 13.8 Å². The van der Waals surface area contributed by atoms with Crippen molar-refractivity contribution in [1.82, 2.24) is 0 Å². The molecule has 0 amide bonds. The summed E-state index contributed by atoms with van der Waals surface area (Å²) in [7, 11) is 0. The summed E-state index contributed by atoms with van der Waals surface area (Å²) in [6.45, 7) is 3.93. The summed E-state index contributed by atoms with van der Waals surface area (Å²) in [5.41, 5.74) is 0. The number of carbonyl (C=O) groups is 1. The predicted molar refractivity (Wildman–Crippen MR) is 41.7 cm³/mol. The van der Waals surface area contributed by atoms with E-state index in [1.807, 2.05) is 6.92 Å². The van der Waals surface area contributed by atoms with Gasteiger partial charge in [-0.3, -0.25) is 4.79 Å². The minimum Gasteiger partial charge on any atom is -0.498 e. The van der Waals surface area contributed by atoms with Crippen LogP contribution in [0.2, 0.25) is 0 Å². The normalized spacial score (nSPS) is 10.2. The number of allylic oxidation sites excluding steroid dienone is 1. The molecule has 0 aliphatic heterocycles. The molecule has 12 heavy (non-hydrogen) atoms. The number of hydrogen-bond donors (Lipinski definition) is 0. The Hall–Kier alpha value is -1.50.